The third kappa shape index (κ3) is 5.24. The molecule has 0 spiro atoms. The monoisotopic (exact) mass is 545 g/mol. The van der Waals surface area contributed by atoms with Gasteiger partial charge in [0.25, 0.3) is 0 Å². The third-order valence-corrected chi connectivity index (χ3v) is 7.83. The molecule has 3 aromatic rings. The average molecular weight is 546 g/mol. The molecule has 2 atom stereocenters. The number of carbonyl (C=O) groups is 1. The molecule has 13 heteroatoms. The molecule has 1 aromatic carbocycles. The van der Waals surface area contributed by atoms with Gasteiger partial charge >= 0.3 is 0 Å². The molecule has 2 saturated heterocycles. The lowest BCUT2D eigenvalue weighted by atomic mass is 9.85. The molecular formula is C26H30F3N7O3. The number of halogens is 3. The highest BCUT2D eigenvalue weighted by Crippen LogP contribution is 2.33. The predicted molar refractivity (Wildman–Crippen MR) is 136 cm³/mol. The fraction of sp³-hybridized carbons (Fsp3) is 0.538. The van der Waals surface area contributed by atoms with Crippen LogP contribution in [0.4, 0.5) is 30.8 Å². The number of anilines is 3. The minimum atomic E-state index is -1.07. The summed E-state index contributed by atoms with van der Waals surface area (Å²) in [6, 6.07) is 1.13. The normalized spacial score (nSPS) is 25.4. The Labute approximate surface area is 222 Å². The molecule has 2 aliphatic heterocycles. The van der Waals surface area contributed by atoms with E-state index in [1.54, 1.807) is 15.7 Å². The van der Waals surface area contributed by atoms with Crippen LogP contribution in [0.5, 0.6) is 0 Å². The second kappa shape index (κ2) is 10.6. The number of β-amino-alcohol motifs (C(OH)–C–C–N with tert-alkyl or cyclic N) is 1. The van der Waals surface area contributed by atoms with Crippen molar-refractivity contribution in [2.24, 2.45) is 5.92 Å². The van der Waals surface area contributed by atoms with E-state index in [4.69, 9.17) is 9.72 Å². The van der Waals surface area contributed by atoms with Crippen LogP contribution in [-0.2, 0) is 9.53 Å². The molecule has 6 rings (SSSR count). The number of aliphatic hydroxyl groups excluding tert-OH is 1. The van der Waals surface area contributed by atoms with E-state index in [0.29, 0.717) is 68.4 Å². The number of nitrogens with one attached hydrogen (secondary N) is 2. The van der Waals surface area contributed by atoms with Gasteiger partial charge in [-0.25, -0.2) is 23.1 Å². The lowest BCUT2D eigenvalue weighted by Crippen LogP contribution is -2.38. The average Bonchev–Trinajstić information content (AvgIpc) is 3.66. The Kier molecular flexibility index (Phi) is 7.02. The summed E-state index contributed by atoms with van der Waals surface area (Å²) in [5.41, 5.74) is 0.401. The smallest absolute Gasteiger partial charge is 0.225 e. The summed E-state index contributed by atoms with van der Waals surface area (Å²) in [6.45, 7) is 1.94. The van der Waals surface area contributed by atoms with Crippen LogP contribution in [-0.4, -0.2) is 73.9 Å². The number of aromatic nitrogens is 4. The van der Waals surface area contributed by atoms with Crippen LogP contribution in [0.2, 0.25) is 0 Å². The van der Waals surface area contributed by atoms with Gasteiger partial charge in [0.05, 0.1) is 24.9 Å². The number of imidazole rings is 1. The van der Waals surface area contributed by atoms with Gasteiger partial charge in [-0.1, -0.05) is 0 Å². The highest BCUT2D eigenvalue weighted by Gasteiger charge is 2.33. The highest BCUT2D eigenvalue weighted by molar-refractivity contribution is 5.79. The van der Waals surface area contributed by atoms with E-state index in [1.807, 2.05) is 0 Å². The summed E-state index contributed by atoms with van der Waals surface area (Å²) >= 11 is 0. The number of amides is 1. The Hall–Kier alpha value is -3.45. The molecule has 39 heavy (non-hydrogen) atoms. The van der Waals surface area contributed by atoms with Crippen molar-refractivity contribution in [3.63, 3.8) is 0 Å². The Morgan fingerprint density at radius 2 is 1.82 bits per heavy atom. The van der Waals surface area contributed by atoms with E-state index < -0.39 is 29.2 Å². The minimum absolute atomic E-state index is 0.0403. The number of likely N-dealkylation sites (tertiary alicyclic amines) is 1. The third-order valence-electron chi connectivity index (χ3n) is 7.83. The van der Waals surface area contributed by atoms with Crippen LogP contribution in [0.15, 0.2) is 18.3 Å². The van der Waals surface area contributed by atoms with Gasteiger partial charge < -0.3 is 25.4 Å². The van der Waals surface area contributed by atoms with E-state index in [-0.39, 0.29) is 29.9 Å². The van der Waals surface area contributed by atoms with Crippen LogP contribution in [0.25, 0.3) is 11.2 Å². The first-order valence-corrected chi connectivity index (χ1v) is 13.3. The molecule has 0 radical (unpaired) electrons. The molecule has 0 bridgehead atoms. The van der Waals surface area contributed by atoms with E-state index in [2.05, 4.69) is 20.6 Å². The fourth-order valence-corrected chi connectivity index (χ4v) is 5.76. The first kappa shape index (κ1) is 25.8. The van der Waals surface area contributed by atoms with Crippen molar-refractivity contribution in [1.29, 1.82) is 0 Å². The molecule has 2 aromatic heterocycles. The molecule has 1 amide bonds. The van der Waals surface area contributed by atoms with Crippen molar-refractivity contribution < 1.29 is 27.8 Å². The Balaban J connectivity index is 1.20. The molecular weight excluding hydrogens is 515 g/mol. The lowest BCUT2D eigenvalue weighted by Gasteiger charge is -2.30. The maximum absolute atomic E-state index is 14.4. The summed E-state index contributed by atoms with van der Waals surface area (Å²) in [5, 5.41) is 15.8. The molecule has 3 N–H and O–H groups in total. The first-order valence-electron chi connectivity index (χ1n) is 13.3. The number of hydrogen-bond acceptors (Lipinski definition) is 8. The number of carbonyl (C=O) groups excluding carboxylic acids is 1. The molecule has 208 valence electrons. The van der Waals surface area contributed by atoms with Crippen molar-refractivity contribution >= 4 is 34.7 Å². The SMILES string of the molecule is O=C(C1CCC(Nc2ncc3nc(Nc4c(F)cc(F)cc4F)n([C@H]4CCOC4)c3n2)CC1)N1CCC(O)C1. The minimum Gasteiger partial charge on any atom is -0.391 e. The standard InChI is InChI=1S/C26H30F3N7O3/c27-15-9-19(28)22(20(29)10-15)33-26-32-21-11-30-25(34-23(21)36(26)17-6-8-39-13-17)31-16-3-1-14(2-4-16)24(38)35-7-5-18(37)12-35/h9-11,14,16-18,37H,1-8,12-13H2,(H,32,33)(H,30,31,34)/t14?,16?,17-,18?/m0/s1. The van der Waals surface area contributed by atoms with Gasteiger partial charge in [0, 0.05) is 43.8 Å². The molecule has 1 aliphatic carbocycles. The number of rotatable bonds is 6. The fourth-order valence-electron chi connectivity index (χ4n) is 5.76. The van der Waals surface area contributed by atoms with Crippen LogP contribution >= 0.6 is 0 Å². The van der Waals surface area contributed by atoms with Gasteiger partial charge in [0.15, 0.2) is 17.3 Å². The van der Waals surface area contributed by atoms with Gasteiger partial charge in [0.2, 0.25) is 17.8 Å². The number of benzene rings is 1. The van der Waals surface area contributed by atoms with E-state index in [1.165, 1.54) is 0 Å². The molecule has 10 nitrogen and oxygen atoms in total. The van der Waals surface area contributed by atoms with Gasteiger partial charge in [-0.15, -0.1) is 0 Å². The topological polar surface area (TPSA) is 117 Å². The number of fused-ring (bicyclic) bond motifs is 1. The Morgan fingerprint density at radius 3 is 2.49 bits per heavy atom. The predicted octanol–water partition coefficient (Wildman–Crippen LogP) is 3.51. The number of nitrogens with zero attached hydrogens (tertiary/aromatic N) is 5. The summed E-state index contributed by atoms with van der Waals surface area (Å²) in [5.74, 6) is -2.52. The van der Waals surface area contributed by atoms with Gasteiger partial charge in [-0.2, -0.15) is 4.98 Å². The zero-order chi connectivity index (χ0) is 27.1. The maximum Gasteiger partial charge on any atom is 0.225 e. The number of ether oxygens (including phenoxy) is 1. The molecule has 3 fully saturated rings. The largest absolute Gasteiger partial charge is 0.391 e. The molecule has 1 saturated carbocycles. The second-order valence-electron chi connectivity index (χ2n) is 10.5. The van der Waals surface area contributed by atoms with Gasteiger partial charge in [0.1, 0.15) is 17.0 Å². The number of hydrogen-bond donors (Lipinski definition) is 3. The van der Waals surface area contributed by atoms with Crippen molar-refractivity contribution in [2.75, 3.05) is 36.9 Å². The maximum atomic E-state index is 14.4. The Morgan fingerprint density at radius 1 is 1.05 bits per heavy atom. The molecule has 4 heterocycles. The second-order valence-corrected chi connectivity index (χ2v) is 10.5. The van der Waals surface area contributed by atoms with E-state index in [0.717, 1.165) is 25.7 Å². The molecule has 1 unspecified atom stereocenters. The highest BCUT2D eigenvalue weighted by atomic mass is 19.1. The van der Waals surface area contributed by atoms with E-state index in [9.17, 15) is 23.1 Å². The Bertz CT molecular complexity index is 1350. The summed E-state index contributed by atoms with van der Waals surface area (Å²) < 4.78 is 49.5. The zero-order valence-electron chi connectivity index (χ0n) is 21.2. The summed E-state index contributed by atoms with van der Waals surface area (Å²) in [6.07, 6.45) is 5.46. The van der Waals surface area contributed by atoms with E-state index >= 15 is 0 Å². The van der Waals surface area contributed by atoms with Gasteiger partial charge in [-0.05, 0) is 38.5 Å². The van der Waals surface area contributed by atoms with Crippen molar-refractivity contribution in [1.82, 2.24) is 24.4 Å². The number of aliphatic hydroxyl groups is 1. The summed E-state index contributed by atoms with van der Waals surface area (Å²) in [4.78, 5) is 28.1. The quantitative estimate of drug-likeness (QED) is 0.431. The zero-order valence-corrected chi connectivity index (χ0v) is 21.2. The van der Waals surface area contributed by atoms with Crippen molar-refractivity contribution in [3.05, 3.63) is 35.8 Å². The lowest BCUT2D eigenvalue weighted by molar-refractivity contribution is -0.135. The van der Waals surface area contributed by atoms with Crippen molar-refractivity contribution in [3.8, 4) is 0 Å². The summed E-state index contributed by atoms with van der Waals surface area (Å²) in [7, 11) is 0. The molecule has 3 aliphatic rings. The van der Waals surface area contributed by atoms with Crippen LogP contribution in [0.3, 0.4) is 0 Å². The van der Waals surface area contributed by atoms with Crippen LogP contribution < -0.4 is 10.6 Å². The van der Waals surface area contributed by atoms with Gasteiger partial charge in [-0.3, -0.25) is 9.36 Å². The van der Waals surface area contributed by atoms with Crippen LogP contribution in [0, 0.1) is 23.4 Å². The first-order chi connectivity index (χ1) is 18.9. The van der Waals surface area contributed by atoms with Crippen molar-refractivity contribution in [2.45, 2.75) is 56.7 Å². The van der Waals surface area contributed by atoms with Crippen LogP contribution in [0.1, 0.15) is 44.6 Å².